The Morgan fingerprint density at radius 3 is 2.44 bits per heavy atom. The maximum absolute atomic E-state index is 15.7. The predicted molar refractivity (Wildman–Crippen MR) is 144 cm³/mol. The molecule has 0 fully saturated rings. The van der Waals surface area contributed by atoms with Crippen molar-refractivity contribution in [2.75, 3.05) is 20.7 Å². The number of nitriles is 1. The fourth-order valence-electron chi connectivity index (χ4n) is 4.99. The van der Waals surface area contributed by atoms with Gasteiger partial charge in [0.2, 0.25) is 0 Å². The Hall–Kier alpha value is -3.83. The molecule has 1 aliphatic rings. The molecule has 2 atom stereocenters. The minimum absolute atomic E-state index is 0.00449. The highest BCUT2D eigenvalue weighted by Gasteiger charge is 2.51. The molecule has 4 rings (SSSR count). The summed E-state index contributed by atoms with van der Waals surface area (Å²) in [5.41, 5.74) is -1.05. The van der Waals surface area contributed by atoms with Crippen molar-refractivity contribution in [3.05, 3.63) is 81.9 Å². The van der Waals surface area contributed by atoms with E-state index in [0.29, 0.717) is 11.1 Å². The van der Waals surface area contributed by atoms with Crippen molar-refractivity contribution in [3.63, 3.8) is 0 Å². The van der Waals surface area contributed by atoms with Crippen molar-refractivity contribution in [2.45, 2.75) is 44.8 Å². The van der Waals surface area contributed by atoms with Gasteiger partial charge in [0.1, 0.15) is 17.2 Å². The Balaban J connectivity index is 1.95. The fraction of sp³-hybridized carbons (Fsp3) is 0.333. The van der Waals surface area contributed by atoms with Gasteiger partial charge in [-0.2, -0.15) is 5.26 Å². The standard InChI is InChI=1S/C30H29ClF2N2O4/c1-17-23-22(14-20(32)26(31)25(23)24-18(15-34)12-13-21(37-6)27(24)33)38-30(17,19-10-8-7-9-11-19)16-35(5)28(36)39-29(2,3)4/h7-14,17H,16H2,1-6H3/t17-,30-/m0/s1. The molecule has 0 bridgehead atoms. The summed E-state index contributed by atoms with van der Waals surface area (Å²) < 4.78 is 48.3. The predicted octanol–water partition coefficient (Wildman–Crippen LogP) is 7.42. The van der Waals surface area contributed by atoms with Crippen LogP contribution in [0.1, 0.15) is 50.3 Å². The lowest BCUT2D eigenvalue weighted by Gasteiger charge is -2.37. The van der Waals surface area contributed by atoms with Gasteiger partial charge in [0, 0.05) is 35.7 Å². The highest BCUT2D eigenvalue weighted by atomic mass is 35.5. The first kappa shape index (κ1) is 28.2. The average Bonchev–Trinajstić information content (AvgIpc) is 3.16. The lowest BCUT2D eigenvalue weighted by Crippen LogP contribution is -2.47. The number of hydrogen-bond donors (Lipinski definition) is 0. The fourth-order valence-corrected chi connectivity index (χ4v) is 5.24. The molecule has 0 saturated heterocycles. The number of likely N-dealkylation sites (N-methyl/N-ethyl adjacent to an activating group) is 1. The van der Waals surface area contributed by atoms with E-state index >= 15 is 8.78 Å². The number of carbonyl (C=O) groups is 1. The smallest absolute Gasteiger partial charge is 0.410 e. The van der Waals surface area contributed by atoms with Gasteiger partial charge in [0.05, 0.1) is 30.3 Å². The van der Waals surface area contributed by atoms with Crippen molar-refractivity contribution < 1.29 is 27.8 Å². The topological polar surface area (TPSA) is 71.8 Å². The molecule has 1 amide bonds. The summed E-state index contributed by atoms with van der Waals surface area (Å²) in [4.78, 5) is 14.4. The molecule has 0 saturated carbocycles. The highest BCUT2D eigenvalue weighted by molar-refractivity contribution is 6.34. The van der Waals surface area contributed by atoms with E-state index in [9.17, 15) is 10.1 Å². The first-order valence-electron chi connectivity index (χ1n) is 12.3. The van der Waals surface area contributed by atoms with Crippen LogP contribution < -0.4 is 9.47 Å². The van der Waals surface area contributed by atoms with Gasteiger partial charge in [-0.15, -0.1) is 0 Å². The van der Waals surface area contributed by atoms with E-state index in [1.807, 2.05) is 43.3 Å². The first-order chi connectivity index (χ1) is 18.3. The molecule has 0 aromatic heterocycles. The van der Waals surface area contributed by atoms with Crippen LogP contribution in [-0.4, -0.2) is 37.3 Å². The van der Waals surface area contributed by atoms with E-state index in [2.05, 4.69) is 0 Å². The second-order valence-corrected chi connectivity index (χ2v) is 10.9. The molecule has 204 valence electrons. The van der Waals surface area contributed by atoms with Gasteiger partial charge >= 0.3 is 6.09 Å². The van der Waals surface area contributed by atoms with E-state index in [-0.39, 0.29) is 39.8 Å². The zero-order valence-corrected chi connectivity index (χ0v) is 23.3. The number of nitrogens with zero attached hydrogens (tertiary/aromatic N) is 2. The van der Waals surface area contributed by atoms with Crippen molar-refractivity contribution in [3.8, 4) is 28.7 Å². The second-order valence-electron chi connectivity index (χ2n) is 10.5. The van der Waals surface area contributed by atoms with Crippen molar-refractivity contribution in [1.29, 1.82) is 5.26 Å². The third kappa shape index (κ3) is 4.99. The first-order valence-corrected chi connectivity index (χ1v) is 12.7. The number of ether oxygens (including phenoxy) is 3. The molecule has 39 heavy (non-hydrogen) atoms. The van der Waals surface area contributed by atoms with Gasteiger partial charge in [-0.25, -0.2) is 13.6 Å². The maximum atomic E-state index is 15.7. The maximum Gasteiger partial charge on any atom is 0.410 e. The van der Waals surface area contributed by atoms with Crippen LogP contribution in [0.2, 0.25) is 5.02 Å². The molecule has 3 aromatic rings. The molecule has 0 radical (unpaired) electrons. The summed E-state index contributed by atoms with van der Waals surface area (Å²) in [6.45, 7) is 7.16. The molecule has 0 spiro atoms. The third-order valence-electron chi connectivity index (χ3n) is 6.78. The molecule has 3 aromatic carbocycles. The number of halogens is 3. The van der Waals surface area contributed by atoms with Gasteiger partial charge in [0.25, 0.3) is 0 Å². The van der Waals surface area contributed by atoms with E-state index in [0.717, 1.165) is 6.07 Å². The van der Waals surface area contributed by atoms with Crippen LogP contribution >= 0.6 is 11.6 Å². The number of carbonyl (C=O) groups excluding carboxylic acids is 1. The summed E-state index contributed by atoms with van der Waals surface area (Å²) in [5, 5.41) is 9.46. The molecular formula is C30H29ClF2N2O4. The molecule has 0 N–H and O–H groups in total. The second kappa shape index (κ2) is 10.4. The average molecular weight is 555 g/mol. The summed E-state index contributed by atoms with van der Waals surface area (Å²) in [7, 11) is 2.88. The van der Waals surface area contributed by atoms with Crippen molar-refractivity contribution >= 4 is 17.7 Å². The van der Waals surface area contributed by atoms with Gasteiger partial charge < -0.3 is 19.1 Å². The SMILES string of the molecule is COc1ccc(C#N)c(-c2c(Cl)c(F)cc3c2[C@H](C)[C@@](CN(C)C(=O)OC(C)(C)C)(c2ccccc2)O3)c1F. The van der Waals surface area contributed by atoms with Gasteiger partial charge in [0.15, 0.2) is 17.2 Å². The Labute approximate surface area is 231 Å². The molecule has 0 unspecified atom stereocenters. The van der Waals surface area contributed by atoms with Gasteiger partial charge in [-0.1, -0.05) is 48.9 Å². The summed E-state index contributed by atoms with van der Waals surface area (Å²) in [6.07, 6.45) is -0.570. The van der Waals surface area contributed by atoms with Crippen LogP contribution in [0.3, 0.4) is 0 Å². The monoisotopic (exact) mass is 554 g/mol. The minimum atomic E-state index is -1.22. The van der Waals surface area contributed by atoms with E-state index in [4.69, 9.17) is 25.8 Å². The summed E-state index contributed by atoms with van der Waals surface area (Å²) >= 11 is 6.51. The van der Waals surface area contributed by atoms with E-state index in [1.165, 1.54) is 24.1 Å². The van der Waals surface area contributed by atoms with E-state index < -0.39 is 34.8 Å². The largest absolute Gasteiger partial charge is 0.494 e. The normalized spacial score (nSPS) is 18.1. The molecule has 1 heterocycles. The van der Waals surface area contributed by atoms with Gasteiger partial charge in [-0.3, -0.25) is 0 Å². The number of fused-ring (bicyclic) bond motifs is 1. The lowest BCUT2D eigenvalue weighted by atomic mass is 9.77. The Morgan fingerprint density at radius 2 is 1.85 bits per heavy atom. The quantitative estimate of drug-likeness (QED) is 0.328. The third-order valence-corrected chi connectivity index (χ3v) is 7.15. The zero-order valence-electron chi connectivity index (χ0n) is 22.6. The van der Waals surface area contributed by atoms with Crippen LogP contribution in [0.5, 0.6) is 11.5 Å². The van der Waals surface area contributed by atoms with Crippen molar-refractivity contribution in [1.82, 2.24) is 4.90 Å². The number of amides is 1. The lowest BCUT2D eigenvalue weighted by molar-refractivity contribution is -0.000667. The van der Waals surface area contributed by atoms with Crippen molar-refractivity contribution in [2.24, 2.45) is 0 Å². The zero-order chi connectivity index (χ0) is 28.7. The highest BCUT2D eigenvalue weighted by Crippen LogP contribution is 2.56. The van der Waals surface area contributed by atoms with Crippen LogP contribution in [0, 0.1) is 23.0 Å². The summed E-state index contributed by atoms with van der Waals surface area (Å²) in [6, 6.07) is 15.0. The van der Waals surface area contributed by atoms with Crippen LogP contribution in [0.25, 0.3) is 11.1 Å². The van der Waals surface area contributed by atoms with Crippen LogP contribution in [-0.2, 0) is 10.3 Å². The number of methoxy groups -OCH3 is 1. The van der Waals surface area contributed by atoms with Crippen LogP contribution in [0.4, 0.5) is 13.6 Å². The number of hydrogen-bond acceptors (Lipinski definition) is 5. The Kier molecular flexibility index (Phi) is 7.50. The summed E-state index contributed by atoms with van der Waals surface area (Å²) in [5.74, 6) is -2.25. The molecule has 9 heteroatoms. The molecule has 0 aliphatic carbocycles. The van der Waals surface area contributed by atoms with E-state index in [1.54, 1.807) is 27.8 Å². The Bertz CT molecular complexity index is 1470. The molecule has 1 aliphatic heterocycles. The number of rotatable bonds is 5. The molecular weight excluding hydrogens is 526 g/mol. The molecule has 6 nitrogen and oxygen atoms in total. The minimum Gasteiger partial charge on any atom is -0.494 e. The Morgan fingerprint density at radius 1 is 1.18 bits per heavy atom. The number of benzene rings is 3. The van der Waals surface area contributed by atoms with Crippen LogP contribution in [0.15, 0.2) is 48.5 Å². The van der Waals surface area contributed by atoms with Gasteiger partial charge in [-0.05, 0) is 38.5 Å².